The number of nitrogens with one attached hydrogen (secondary N) is 1. The van der Waals surface area contributed by atoms with E-state index in [0.717, 1.165) is 41.9 Å². The smallest absolute Gasteiger partial charge is 0.224 e. The molecular weight excluding hydrogens is 366 g/mol. The molecule has 30 heavy (non-hydrogen) atoms. The molecule has 8 atom stereocenters. The van der Waals surface area contributed by atoms with Crippen LogP contribution in [0.25, 0.3) is 0 Å². The zero-order valence-corrected chi connectivity index (χ0v) is 20.6. The van der Waals surface area contributed by atoms with Crippen LogP contribution in [0.4, 0.5) is 0 Å². The fraction of sp³-hybridized carbons (Fsp3) is 0.893. The predicted octanol–water partition coefficient (Wildman–Crippen LogP) is 7.35. The van der Waals surface area contributed by atoms with Crippen molar-refractivity contribution in [2.45, 2.75) is 106 Å². The first-order chi connectivity index (χ1) is 14.2. The topological polar surface area (TPSA) is 29.1 Å². The average molecular weight is 414 g/mol. The quantitative estimate of drug-likeness (QED) is 0.484. The zero-order valence-electron chi connectivity index (χ0n) is 20.6. The Morgan fingerprint density at radius 1 is 1.07 bits per heavy atom. The molecule has 1 aliphatic heterocycles. The third kappa shape index (κ3) is 3.58. The number of rotatable bonds is 6. The first kappa shape index (κ1) is 22.4. The standard InChI is InChI=1S/C28H47NO/c1-7-20-17-24-28(6,16-14-25(30)29-24)23-13-15-27(5)21(11-12-22(27)26(20)23)19(4)10-8-9-18(2)3/h17-23,26H,7-16H2,1-6H3,(H,29,30)/t19-,20+,21-,22+,23+,26+,27-,28-/m1/s1. The predicted molar refractivity (Wildman–Crippen MR) is 126 cm³/mol. The molecule has 4 rings (SSSR count). The highest BCUT2D eigenvalue weighted by Crippen LogP contribution is 2.67. The minimum Gasteiger partial charge on any atom is -0.330 e. The second kappa shape index (κ2) is 8.28. The number of allylic oxidation sites excluding steroid dienone is 2. The van der Waals surface area contributed by atoms with Gasteiger partial charge in [0, 0.05) is 17.5 Å². The van der Waals surface area contributed by atoms with Gasteiger partial charge < -0.3 is 5.32 Å². The molecule has 170 valence electrons. The maximum atomic E-state index is 12.1. The second-order valence-electron chi connectivity index (χ2n) is 12.4. The minimum absolute atomic E-state index is 0.201. The van der Waals surface area contributed by atoms with Crippen molar-refractivity contribution in [2.24, 2.45) is 52.3 Å². The highest BCUT2D eigenvalue weighted by Gasteiger charge is 2.61. The van der Waals surface area contributed by atoms with E-state index in [0.29, 0.717) is 17.8 Å². The maximum Gasteiger partial charge on any atom is 0.224 e. The molecule has 0 spiro atoms. The Bertz CT molecular complexity index is 680. The van der Waals surface area contributed by atoms with E-state index >= 15 is 0 Å². The van der Waals surface area contributed by atoms with Crippen molar-refractivity contribution in [3.05, 3.63) is 11.8 Å². The third-order valence-corrected chi connectivity index (χ3v) is 10.5. The van der Waals surface area contributed by atoms with Gasteiger partial charge in [-0.15, -0.1) is 0 Å². The van der Waals surface area contributed by atoms with Crippen LogP contribution in [0.3, 0.4) is 0 Å². The summed E-state index contributed by atoms with van der Waals surface area (Å²) in [6, 6.07) is 0. The van der Waals surface area contributed by atoms with E-state index in [2.05, 4.69) is 52.9 Å². The first-order valence-corrected chi connectivity index (χ1v) is 13.2. The summed E-state index contributed by atoms with van der Waals surface area (Å²) < 4.78 is 0. The molecule has 0 aromatic carbocycles. The average Bonchev–Trinajstić information content (AvgIpc) is 3.05. The molecule has 0 aromatic heterocycles. The number of carbonyl (C=O) groups excluding carboxylic acids is 1. The van der Waals surface area contributed by atoms with E-state index in [1.54, 1.807) is 0 Å². The van der Waals surface area contributed by atoms with Crippen LogP contribution >= 0.6 is 0 Å². The Labute approximate surface area is 186 Å². The van der Waals surface area contributed by atoms with Crippen LogP contribution in [0.1, 0.15) is 106 Å². The van der Waals surface area contributed by atoms with Crippen molar-refractivity contribution in [3.63, 3.8) is 0 Å². The van der Waals surface area contributed by atoms with Crippen LogP contribution in [-0.2, 0) is 4.79 Å². The highest BCUT2D eigenvalue weighted by atomic mass is 16.1. The van der Waals surface area contributed by atoms with E-state index in [1.165, 1.54) is 57.1 Å². The third-order valence-electron chi connectivity index (χ3n) is 10.5. The van der Waals surface area contributed by atoms with Crippen LogP contribution in [0.15, 0.2) is 11.8 Å². The summed E-state index contributed by atoms with van der Waals surface area (Å²) in [5, 5.41) is 3.31. The maximum absolute atomic E-state index is 12.1. The highest BCUT2D eigenvalue weighted by molar-refractivity contribution is 5.79. The lowest BCUT2D eigenvalue weighted by molar-refractivity contribution is -0.126. The van der Waals surface area contributed by atoms with Crippen LogP contribution < -0.4 is 5.32 Å². The molecule has 2 nitrogen and oxygen atoms in total. The van der Waals surface area contributed by atoms with Crippen molar-refractivity contribution in [2.75, 3.05) is 0 Å². The van der Waals surface area contributed by atoms with E-state index in [4.69, 9.17) is 0 Å². The van der Waals surface area contributed by atoms with E-state index in [1.807, 2.05) is 0 Å². The van der Waals surface area contributed by atoms with Gasteiger partial charge in [0.15, 0.2) is 0 Å². The second-order valence-corrected chi connectivity index (χ2v) is 12.4. The van der Waals surface area contributed by atoms with E-state index in [-0.39, 0.29) is 11.3 Å². The normalized spacial score (nSPS) is 44.0. The van der Waals surface area contributed by atoms with Gasteiger partial charge in [-0.2, -0.15) is 0 Å². The van der Waals surface area contributed by atoms with Crippen LogP contribution in [0.5, 0.6) is 0 Å². The van der Waals surface area contributed by atoms with Gasteiger partial charge in [-0.25, -0.2) is 0 Å². The van der Waals surface area contributed by atoms with E-state index in [9.17, 15) is 4.79 Å². The number of fused-ring (bicyclic) bond motifs is 5. The molecule has 1 saturated heterocycles. The Kier molecular flexibility index (Phi) is 6.19. The fourth-order valence-corrected chi connectivity index (χ4v) is 8.76. The van der Waals surface area contributed by atoms with Crippen molar-refractivity contribution < 1.29 is 4.79 Å². The number of amides is 1. The molecule has 3 fully saturated rings. The van der Waals surface area contributed by atoms with Crippen LogP contribution in [-0.4, -0.2) is 5.91 Å². The van der Waals surface area contributed by atoms with Crippen molar-refractivity contribution in [1.82, 2.24) is 5.32 Å². The van der Waals surface area contributed by atoms with Crippen LogP contribution in [0.2, 0.25) is 0 Å². The summed E-state index contributed by atoms with van der Waals surface area (Å²) in [5.74, 6) is 5.98. The van der Waals surface area contributed by atoms with Gasteiger partial charge in [-0.05, 0) is 85.4 Å². The Hall–Kier alpha value is -0.790. The van der Waals surface area contributed by atoms with Gasteiger partial charge >= 0.3 is 0 Å². The Morgan fingerprint density at radius 3 is 2.53 bits per heavy atom. The van der Waals surface area contributed by atoms with Crippen molar-refractivity contribution in [1.29, 1.82) is 0 Å². The van der Waals surface area contributed by atoms with Crippen molar-refractivity contribution in [3.8, 4) is 0 Å². The monoisotopic (exact) mass is 413 g/mol. The largest absolute Gasteiger partial charge is 0.330 e. The Balaban J connectivity index is 1.57. The van der Waals surface area contributed by atoms with Gasteiger partial charge in [0.2, 0.25) is 5.91 Å². The molecule has 0 aromatic rings. The first-order valence-electron chi connectivity index (χ1n) is 13.2. The number of carbonyl (C=O) groups is 1. The summed E-state index contributed by atoms with van der Waals surface area (Å²) >= 11 is 0. The summed E-state index contributed by atoms with van der Waals surface area (Å²) in [6.45, 7) is 14.8. The van der Waals surface area contributed by atoms with Crippen LogP contribution in [0, 0.1) is 52.3 Å². The lowest BCUT2D eigenvalue weighted by Gasteiger charge is -2.59. The van der Waals surface area contributed by atoms with Gasteiger partial charge in [-0.1, -0.05) is 66.9 Å². The molecule has 1 heterocycles. The summed E-state index contributed by atoms with van der Waals surface area (Å²) in [7, 11) is 0. The van der Waals surface area contributed by atoms with Crippen molar-refractivity contribution >= 4 is 5.91 Å². The molecule has 2 heteroatoms. The van der Waals surface area contributed by atoms with Gasteiger partial charge in [0.05, 0.1) is 0 Å². The molecule has 4 aliphatic rings. The lowest BCUT2D eigenvalue weighted by Crippen LogP contribution is -2.55. The molecule has 1 amide bonds. The molecule has 0 unspecified atom stereocenters. The summed E-state index contributed by atoms with van der Waals surface area (Å²) in [4.78, 5) is 12.1. The zero-order chi connectivity index (χ0) is 21.7. The molecule has 1 N–H and O–H groups in total. The van der Waals surface area contributed by atoms with Gasteiger partial charge in [-0.3, -0.25) is 4.79 Å². The summed E-state index contributed by atoms with van der Waals surface area (Å²) in [6.07, 6.45) is 15.4. The molecule has 2 saturated carbocycles. The van der Waals surface area contributed by atoms with E-state index < -0.39 is 0 Å². The molecule has 3 aliphatic carbocycles. The molecular formula is C28H47NO. The number of hydrogen-bond acceptors (Lipinski definition) is 1. The lowest BCUT2D eigenvalue weighted by atomic mass is 9.46. The van der Waals surface area contributed by atoms with Gasteiger partial charge in [0.25, 0.3) is 0 Å². The summed E-state index contributed by atoms with van der Waals surface area (Å²) in [5.41, 5.74) is 2.02. The number of piperidine rings is 1. The molecule has 0 radical (unpaired) electrons. The fourth-order valence-electron chi connectivity index (χ4n) is 8.76. The number of hydrogen-bond donors (Lipinski definition) is 1. The molecule has 0 bridgehead atoms. The Morgan fingerprint density at radius 2 is 1.83 bits per heavy atom. The van der Waals surface area contributed by atoms with Gasteiger partial charge in [0.1, 0.15) is 0 Å². The SMILES string of the molecule is CC[C@H]1C=C2NC(=O)CC[C@]2(C)[C@H]2CC[C@]3(C)[C@@H]([C@H](C)CCCC(C)C)CC[C@H]3[C@H]12. The minimum atomic E-state index is 0.201.